The van der Waals surface area contributed by atoms with Gasteiger partial charge in [0.15, 0.2) is 0 Å². The number of nitrogens with one attached hydrogen (secondary N) is 2. The van der Waals surface area contributed by atoms with E-state index in [2.05, 4.69) is 127 Å². The molecule has 2 amide bonds. The number of rotatable bonds is 10. The topological polar surface area (TPSA) is 98.0 Å². The van der Waals surface area contributed by atoms with Crippen molar-refractivity contribution in [3.63, 3.8) is 0 Å². The van der Waals surface area contributed by atoms with Gasteiger partial charge in [0.1, 0.15) is 16.5 Å². The van der Waals surface area contributed by atoms with Gasteiger partial charge in [-0.1, -0.05) is 96.1 Å². The van der Waals surface area contributed by atoms with E-state index in [0.29, 0.717) is 17.7 Å². The standard InChI is InChI=1S/C45H54N6O2S/c1-27(2)29(5)41(52)51-23-9-21-45(51,54-7)43-46-26-38(49-43)33-17-15-31(16-18-33)30-11-13-32(14-12-30)34-19-20-36-37(24-34)48-40(47-36)39-10-8-22-50(39)42(53)35-25-44(35,6)28(3)4/h11-20,24,26-29,35,39H,8-10,21-23,25H2,1-7H3,(H,46,49)(H,47,48). The molecule has 8 nitrogen and oxygen atoms in total. The largest absolute Gasteiger partial charge is 0.340 e. The number of aromatic nitrogens is 4. The number of likely N-dealkylation sites (tertiary alicyclic amines) is 2. The van der Waals surface area contributed by atoms with Crippen molar-refractivity contribution in [1.82, 2.24) is 29.7 Å². The molecule has 1 aliphatic carbocycles. The van der Waals surface area contributed by atoms with E-state index in [-0.39, 0.29) is 29.2 Å². The van der Waals surface area contributed by atoms with Gasteiger partial charge in [-0.15, -0.1) is 11.8 Å². The fourth-order valence-corrected chi connectivity index (χ4v) is 9.85. The number of carbonyl (C=O) groups excluding carboxylic acids is 2. The van der Waals surface area contributed by atoms with E-state index in [1.165, 1.54) is 0 Å². The molecule has 2 aromatic heterocycles. The lowest BCUT2D eigenvalue weighted by atomic mass is 9.91. The number of nitrogens with zero attached hydrogens (tertiary/aromatic N) is 4. The van der Waals surface area contributed by atoms with E-state index in [9.17, 15) is 9.59 Å². The number of aromatic amines is 2. The summed E-state index contributed by atoms with van der Waals surface area (Å²) in [6.45, 7) is 14.6. The minimum absolute atomic E-state index is 0.0187. The molecule has 0 radical (unpaired) electrons. The van der Waals surface area contributed by atoms with Gasteiger partial charge in [0.25, 0.3) is 0 Å². The Labute approximate surface area is 323 Å². The third-order valence-electron chi connectivity index (χ3n) is 13.3. The molecule has 0 bridgehead atoms. The SMILES string of the molecule is CSC1(c2ncc(-c3ccc(-c4ccc(-c5ccc6nc(C7CCCN7C(=O)C7CC7(C)C(C)C)[nH]c6c5)cc4)cc3)[nH]2)CCCN1C(=O)C(C)C(C)C. The molecule has 5 unspecified atom stereocenters. The number of thioether (sulfide) groups is 1. The van der Waals surface area contributed by atoms with Crippen molar-refractivity contribution in [3.8, 4) is 33.5 Å². The molecule has 5 atom stereocenters. The Balaban J connectivity index is 0.958. The van der Waals surface area contributed by atoms with Crippen LogP contribution >= 0.6 is 11.8 Å². The van der Waals surface area contributed by atoms with Gasteiger partial charge >= 0.3 is 0 Å². The van der Waals surface area contributed by atoms with Gasteiger partial charge in [-0.05, 0) is 95.6 Å². The predicted molar refractivity (Wildman–Crippen MR) is 219 cm³/mol. The highest BCUT2D eigenvalue weighted by atomic mass is 32.2. The predicted octanol–water partition coefficient (Wildman–Crippen LogP) is 10.1. The third kappa shape index (κ3) is 6.26. The van der Waals surface area contributed by atoms with Gasteiger partial charge in [0.05, 0.1) is 29.0 Å². The van der Waals surface area contributed by atoms with Crippen LogP contribution < -0.4 is 0 Å². The summed E-state index contributed by atoms with van der Waals surface area (Å²) in [5.41, 5.74) is 8.65. The molecular weight excluding hydrogens is 689 g/mol. The molecule has 1 saturated carbocycles. The first-order valence-electron chi connectivity index (χ1n) is 19.9. The van der Waals surface area contributed by atoms with Crippen molar-refractivity contribution in [1.29, 1.82) is 0 Å². The van der Waals surface area contributed by atoms with Crippen LogP contribution in [0, 0.1) is 29.1 Å². The number of fused-ring (bicyclic) bond motifs is 1. The maximum atomic E-state index is 13.6. The van der Waals surface area contributed by atoms with Gasteiger partial charge < -0.3 is 19.8 Å². The van der Waals surface area contributed by atoms with Crippen molar-refractivity contribution in [2.75, 3.05) is 19.3 Å². The number of carbonyl (C=O) groups is 2. The van der Waals surface area contributed by atoms with Crippen molar-refractivity contribution >= 4 is 34.6 Å². The van der Waals surface area contributed by atoms with Crippen LogP contribution in [0.4, 0.5) is 0 Å². The fourth-order valence-electron chi connectivity index (χ4n) is 8.80. The highest BCUT2D eigenvalue weighted by molar-refractivity contribution is 7.99. The summed E-state index contributed by atoms with van der Waals surface area (Å²) in [5, 5.41) is 0. The molecule has 0 spiro atoms. The highest BCUT2D eigenvalue weighted by Gasteiger charge is 2.58. The van der Waals surface area contributed by atoms with Crippen molar-refractivity contribution in [2.24, 2.45) is 29.1 Å². The molecular formula is C45H54N6O2S. The summed E-state index contributed by atoms with van der Waals surface area (Å²) in [7, 11) is 0. The lowest BCUT2D eigenvalue weighted by Crippen LogP contribution is -2.46. The minimum atomic E-state index is -0.464. The molecule has 3 aromatic carbocycles. The molecule has 2 aliphatic heterocycles. The van der Waals surface area contributed by atoms with Gasteiger partial charge in [0.2, 0.25) is 11.8 Å². The van der Waals surface area contributed by atoms with Gasteiger partial charge in [-0.25, -0.2) is 9.97 Å². The summed E-state index contributed by atoms with van der Waals surface area (Å²) in [6.07, 6.45) is 8.82. The Hall–Kier alpha value is -4.37. The highest BCUT2D eigenvalue weighted by Crippen LogP contribution is 2.59. The number of amides is 2. The van der Waals surface area contributed by atoms with Crippen LogP contribution in [0.1, 0.15) is 91.3 Å². The van der Waals surface area contributed by atoms with E-state index >= 15 is 0 Å². The molecule has 5 aromatic rings. The zero-order chi connectivity index (χ0) is 37.9. The Bertz CT molecular complexity index is 2170. The number of hydrogen-bond donors (Lipinski definition) is 2. The van der Waals surface area contributed by atoms with Crippen molar-refractivity contribution in [2.45, 2.75) is 84.6 Å². The zero-order valence-corrected chi connectivity index (χ0v) is 33.6. The third-order valence-corrected chi connectivity index (χ3v) is 14.6. The molecule has 282 valence electrons. The maximum Gasteiger partial charge on any atom is 0.227 e. The molecule has 2 N–H and O–H groups in total. The Kier molecular flexibility index (Phi) is 9.52. The monoisotopic (exact) mass is 742 g/mol. The lowest BCUT2D eigenvalue weighted by molar-refractivity contribution is -0.138. The first kappa shape index (κ1) is 36.6. The number of H-pyrrole nitrogens is 2. The van der Waals surface area contributed by atoms with Crippen molar-refractivity contribution in [3.05, 3.63) is 84.6 Å². The van der Waals surface area contributed by atoms with Gasteiger partial charge in [0, 0.05) is 24.9 Å². The van der Waals surface area contributed by atoms with E-state index in [1.54, 1.807) is 11.8 Å². The minimum Gasteiger partial charge on any atom is -0.340 e. The molecule has 4 heterocycles. The van der Waals surface area contributed by atoms with E-state index in [1.807, 2.05) is 13.1 Å². The molecule has 3 aliphatic rings. The first-order valence-corrected chi connectivity index (χ1v) is 21.1. The maximum absolute atomic E-state index is 13.6. The zero-order valence-electron chi connectivity index (χ0n) is 32.8. The van der Waals surface area contributed by atoms with Crippen molar-refractivity contribution < 1.29 is 9.59 Å². The first-order chi connectivity index (χ1) is 25.9. The Morgan fingerprint density at radius 1 is 0.852 bits per heavy atom. The summed E-state index contributed by atoms with van der Waals surface area (Å²) in [4.78, 5) is 47.8. The quantitative estimate of drug-likeness (QED) is 0.149. The molecule has 54 heavy (non-hydrogen) atoms. The fraction of sp³-hybridized carbons (Fsp3) is 0.467. The number of imidazole rings is 2. The summed E-state index contributed by atoms with van der Waals surface area (Å²) in [6, 6.07) is 23.7. The average Bonchev–Trinajstić information content (AvgIpc) is 3.79. The Morgan fingerprint density at radius 2 is 1.50 bits per heavy atom. The van der Waals surface area contributed by atoms with Crippen LogP contribution in [-0.2, 0) is 14.5 Å². The Morgan fingerprint density at radius 3 is 2.13 bits per heavy atom. The second-order valence-electron chi connectivity index (χ2n) is 16.9. The second-order valence-corrected chi connectivity index (χ2v) is 18.0. The second kappa shape index (κ2) is 14.0. The summed E-state index contributed by atoms with van der Waals surface area (Å²) < 4.78 is 0. The molecule has 9 heteroatoms. The van der Waals surface area contributed by atoms with E-state index in [4.69, 9.17) is 9.97 Å². The van der Waals surface area contributed by atoms with Crippen LogP contribution in [0.5, 0.6) is 0 Å². The van der Waals surface area contributed by atoms with Crippen LogP contribution in [0.2, 0.25) is 0 Å². The van der Waals surface area contributed by atoms with Crippen LogP contribution in [-0.4, -0.2) is 60.9 Å². The smallest absolute Gasteiger partial charge is 0.227 e. The molecule has 8 rings (SSSR count). The molecule has 3 fully saturated rings. The number of hydrogen-bond acceptors (Lipinski definition) is 5. The van der Waals surface area contributed by atoms with E-state index < -0.39 is 4.87 Å². The summed E-state index contributed by atoms with van der Waals surface area (Å²) in [5.74, 6) is 3.19. The van der Waals surface area contributed by atoms with Crippen LogP contribution in [0.3, 0.4) is 0 Å². The van der Waals surface area contributed by atoms with Crippen LogP contribution in [0.15, 0.2) is 72.9 Å². The lowest BCUT2D eigenvalue weighted by Gasteiger charge is -2.37. The average molecular weight is 743 g/mol. The number of benzene rings is 3. The van der Waals surface area contributed by atoms with Gasteiger partial charge in [-0.3, -0.25) is 9.59 Å². The molecule has 2 saturated heterocycles. The van der Waals surface area contributed by atoms with Gasteiger partial charge in [-0.2, -0.15) is 0 Å². The van der Waals surface area contributed by atoms with Crippen LogP contribution in [0.25, 0.3) is 44.5 Å². The summed E-state index contributed by atoms with van der Waals surface area (Å²) >= 11 is 1.71. The normalized spacial score (nSPS) is 24.6. The van der Waals surface area contributed by atoms with E-state index in [0.717, 1.165) is 101 Å².